The van der Waals surface area contributed by atoms with Crippen LogP contribution in [0.4, 0.5) is 5.69 Å². The van der Waals surface area contributed by atoms with Crippen molar-refractivity contribution in [1.29, 1.82) is 0 Å². The number of carbonyl (C=O) groups is 2. The van der Waals surface area contributed by atoms with Crippen LogP contribution in [0.15, 0.2) is 18.2 Å². The molecule has 2 unspecified atom stereocenters. The van der Waals surface area contributed by atoms with Crippen molar-refractivity contribution in [3.63, 3.8) is 0 Å². The van der Waals surface area contributed by atoms with Crippen molar-refractivity contribution >= 4 is 17.6 Å². The zero-order valence-electron chi connectivity index (χ0n) is 16.1. The van der Waals surface area contributed by atoms with Gasteiger partial charge in [0.25, 0.3) is 5.91 Å². The zero-order valence-corrected chi connectivity index (χ0v) is 16.1. The predicted molar refractivity (Wildman–Crippen MR) is 102 cm³/mol. The number of fused-ring (bicyclic) bond motifs is 1. The van der Waals surface area contributed by atoms with Crippen LogP contribution in [0.5, 0.6) is 11.5 Å². The lowest BCUT2D eigenvalue weighted by molar-refractivity contribution is -0.141. The molecule has 1 aromatic carbocycles. The highest BCUT2D eigenvalue weighted by Gasteiger charge is 2.45. The smallest absolute Gasteiger partial charge is 0.312 e. The van der Waals surface area contributed by atoms with E-state index in [0.717, 1.165) is 18.5 Å². The highest BCUT2D eigenvalue weighted by atomic mass is 16.6. The summed E-state index contributed by atoms with van der Waals surface area (Å²) < 4.78 is 11.6. The van der Waals surface area contributed by atoms with Gasteiger partial charge in [0, 0.05) is 24.6 Å². The molecule has 0 bridgehead atoms. The molecule has 0 radical (unpaired) electrons. The van der Waals surface area contributed by atoms with Crippen LogP contribution in [0.3, 0.4) is 0 Å². The second-order valence-corrected chi connectivity index (χ2v) is 7.44. The Kier molecular flexibility index (Phi) is 5.89. The molecule has 7 nitrogen and oxygen atoms in total. The molecule has 0 aliphatic carbocycles. The zero-order chi connectivity index (χ0) is 19.4. The van der Waals surface area contributed by atoms with Gasteiger partial charge in [0.05, 0.1) is 13.1 Å². The lowest BCUT2D eigenvalue weighted by Gasteiger charge is -2.34. The van der Waals surface area contributed by atoms with Gasteiger partial charge in [-0.25, -0.2) is 0 Å². The minimum Gasteiger partial charge on any atom is -0.486 e. The van der Waals surface area contributed by atoms with Crippen molar-refractivity contribution in [3.8, 4) is 11.5 Å². The van der Waals surface area contributed by atoms with Crippen molar-refractivity contribution in [2.24, 2.45) is 5.92 Å². The van der Waals surface area contributed by atoms with E-state index in [4.69, 9.17) is 9.47 Å². The van der Waals surface area contributed by atoms with Gasteiger partial charge in [0.2, 0.25) is 0 Å². The first-order valence-electron chi connectivity index (χ1n) is 9.76. The second-order valence-electron chi connectivity index (χ2n) is 7.44. The van der Waals surface area contributed by atoms with E-state index in [1.807, 2.05) is 18.2 Å². The maximum atomic E-state index is 12.7. The van der Waals surface area contributed by atoms with E-state index in [-0.39, 0.29) is 18.5 Å². The Morgan fingerprint density at radius 2 is 1.93 bits per heavy atom. The van der Waals surface area contributed by atoms with E-state index in [1.54, 1.807) is 0 Å². The third-order valence-corrected chi connectivity index (χ3v) is 5.70. The lowest BCUT2D eigenvalue weighted by atomic mass is 10.1. The number of amides is 1. The molecule has 1 fully saturated rings. The molecule has 148 valence electrons. The number of benzene rings is 1. The number of aliphatic carboxylic acids is 1. The average molecular weight is 377 g/mol. The molecule has 1 saturated heterocycles. The van der Waals surface area contributed by atoms with Gasteiger partial charge in [-0.2, -0.15) is 0 Å². The summed E-state index contributed by atoms with van der Waals surface area (Å²) in [5.41, 5.74) is 0.905. The number of nitrogens with zero attached hydrogens (tertiary/aromatic N) is 1. The minimum atomic E-state index is -0.798. The van der Waals surface area contributed by atoms with Gasteiger partial charge in [-0.05, 0) is 18.9 Å². The van der Waals surface area contributed by atoms with Crippen LogP contribution in [0.25, 0.3) is 0 Å². The molecule has 2 atom stereocenters. The molecular weight excluding hydrogens is 348 g/mol. The van der Waals surface area contributed by atoms with Gasteiger partial charge >= 0.3 is 5.97 Å². The average Bonchev–Trinajstić information content (AvgIpc) is 3.11. The summed E-state index contributed by atoms with van der Waals surface area (Å²) in [7, 11) is 0. The number of carbonyl (C=O) groups excluding carboxylic acids is 1. The Balaban J connectivity index is 1.87. The van der Waals surface area contributed by atoms with Crippen molar-refractivity contribution in [2.75, 3.05) is 32.8 Å². The Morgan fingerprint density at radius 1 is 1.22 bits per heavy atom. The summed E-state index contributed by atoms with van der Waals surface area (Å²) in [6.45, 7) is 6.37. The highest BCUT2D eigenvalue weighted by Crippen LogP contribution is 2.39. The molecule has 1 aromatic rings. The first-order chi connectivity index (χ1) is 13.0. The number of nitrogens with one attached hydrogen (secondary N) is 1. The quantitative estimate of drug-likeness (QED) is 0.712. The Hall–Kier alpha value is -2.28. The Morgan fingerprint density at radius 3 is 2.56 bits per heavy atom. The van der Waals surface area contributed by atoms with E-state index in [9.17, 15) is 14.7 Å². The normalized spacial score (nSPS) is 24.0. The summed E-state index contributed by atoms with van der Waals surface area (Å²) in [5, 5.41) is 12.6. The molecule has 0 aromatic heterocycles. The summed E-state index contributed by atoms with van der Waals surface area (Å²) in [5.74, 6) is 0.0748. The van der Waals surface area contributed by atoms with Crippen LogP contribution in [0.2, 0.25) is 0 Å². The van der Waals surface area contributed by atoms with Gasteiger partial charge in [-0.1, -0.05) is 13.8 Å². The molecule has 3 rings (SSSR count). The number of rotatable bonds is 7. The molecule has 2 aliphatic rings. The van der Waals surface area contributed by atoms with Gasteiger partial charge in [0.15, 0.2) is 18.0 Å². The van der Waals surface area contributed by atoms with E-state index in [0.29, 0.717) is 48.7 Å². The fourth-order valence-electron chi connectivity index (χ4n) is 4.05. The first-order valence-corrected chi connectivity index (χ1v) is 9.76. The number of hydrogen-bond acceptors (Lipinski definition) is 4. The van der Waals surface area contributed by atoms with Crippen LogP contribution in [0.1, 0.15) is 33.1 Å². The third-order valence-electron chi connectivity index (χ3n) is 5.70. The molecule has 27 heavy (non-hydrogen) atoms. The monoisotopic (exact) mass is 377 g/mol. The van der Waals surface area contributed by atoms with Crippen LogP contribution in [-0.2, 0) is 9.59 Å². The second kappa shape index (κ2) is 8.17. The molecule has 0 saturated carbocycles. The summed E-state index contributed by atoms with van der Waals surface area (Å²) in [4.78, 5) is 24.3. The molecule has 2 heterocycles. The topological polar surface area (TPSA) is 84.9 Å². The summed E-state index contributed by atoms with van der Waals surface area (Å²) in [6.07, 6.45) is 2.32. The van der Waals surface area contributed by atoms with Crippen LogP contribution < -0.4 is 19.3 Å². The maximum Gasteiger partial charge on any atom is 0.312 e. The Labute approximate surface area is 159 Å². The SMILES string of the molecule is CCC(CC)NC(=O)C[N+]1(c2ccc3c(c2)OCCO3)CCC(C(=O)O)C1. The number of carboxylic acids is 1. The summed E-state index contributed by atoms with van der Waals surface area (Å²) >= 11 is 0. The standard InChI is InChI=1S/C20H28N2O5/c1-3-15(4-2)21-19(23)13-22(8-7-14(12-22)20(24)25)16-5-6-17-18(11-16)27-10-9-26-17/h5-6,11,14-15H,3-4,7-10,12-13H2,1-2H3,(H-,21,23,24,25)/p+1. The molecular formula is C20H29N2O5+. The fraction of sp³-hybridized carbons (Fsp3) is 0.600. The van der Waals surface area contributed by atoms with Gasteiger partial charge in [-0.15, -0.1) is 0 Å². The van der Waals surface area contributed by atoms with Crippen molar-refractivity contribution < 1.29 is 24.2 Å². The largest absolute Gasteiger partial charge is 0.486 e. The summed E-state index contributed by atoms with van der Waals surface area (Å²) in [6, 6.07) is 5.85. The van der Waals surface area contributed by atoms with E-state index in [2.05, 4.69) is 19.2 Å². The minimum absolute atomic E-state index is 0.0374. The number of likely N-dealkylation sites (tertiary alicyclic amines) is 1. The van der Waals surface area contributed by atoms with Crippen LogP contribution in [-0.4, -0.2) is 55.9 Å². The fourth-order valence-corrected chi connectivity index (χ4v) is 4.05. The molecule has 0 spiro atoms. The lowest BCUT2D eigenvalue weighted by Crippen LogP contribution is -2.54. The van der Waals surface area contributed by atoms with E-state index < -0.39 is 11.9 Å². The molecule has 7 heteroatoms. The van der Waals surface area contributed by atoms with Gasteiger partial charge in [0.1, 0.15) is 24.8 Å². The van der Waals surface area contributed by atoms with E-state index >= 15 is 0 Å². The highest BCUT2D eigenvalue weighted by molar-refractivity contribution is 5.81. The van der Waals surface area contributed by atoms with E-state index in [1.165, 1.54) is 0 Å². The maximum absolute atomic E-state index is 12.7. The first kappa shape index (κ1) is 19.5. The van der Waals surface area contributed by atoms with Crippen LogP contribution in [0, 0.1) is 5.92 Å². The van der Waals surface area contributed by atoms with Crippen molar-refractivity contribution in [2.45, 2.75) is 39.2 Å². The van der Waals surface area contributed by atoms with Crippen molar-refractivity contribution in [1.82, 2.24) is 9.80 Å². The van der Waals surface area contributed by atoms with Crippen molar-refractivity contribution in [3.05, 3.63) is 18.2 Å². The number of hydrogen-bond donors (Lipinski definition) is 2. The molecule has 2 aliphatic heterocycles. The predicted octanol–water partition coefficient (Wildman–Crippen LogP) is 2.17. The number of carboxylic acid groups (broad SMARTS) is 1. The van der Waals surface area contributed by atoms with Gasteiger partial charge < -0.3 is 19.9 Å². The third kappa shape index (κ3) is 4.18. The molecule has 1 amide bonds. The molecule has 2 N–H and O–H groups in total. The number of ether oxygens (including phenoxy) is 2. The van der Waals surface area contributed by atoms with Crippen LogP contribution >= 0.6 is 0 Å². The Bertz CT molecular complexity index is 704. The number of quaternary nitrogens is 1. The van der Waals surface area contributed by atoms with Gasteiger partial charge in [-0.3, -0.25) is 14.1 Å².